The van der Waals surface area contributed by atoms with Crippen LogP contribution in [0.3, 0.4) is 0 Å². The van der Waals surface area contributed by atoms with Crippen LogP contribution in [0.1, 0.15) is 13.3 Å². The Morgan fingerprint density at radius 3 is 2.31 bits per heavy atom. The summed E-state index contributed by atoms with van der Waals surface area (Å²) >= 11 is 0. The van der Waals surface area contributed by atoms with Crippen molar-refractivity contribution in [2.45, 2.75) is 19.4 Å². The molecule has 1 N–H and O–H groups in total. The molecule has 4 nitrogen and oxygen atoms in total. The first kappa shape index (κ1) is 12.4. The number of carbonyl (C=O) groups is 1. The summed E-state index contributed by atoms with van der Waals surface area (Å²) < 4.78 is 10.6. The molecule has 0 saturated carbocycles. The molecule has 0 aliphatic rings. The second kappa shape index (κ2) is 6.00. The van der Waals surface area contributed by atoms with E-state index in [0.717, 1.165) is 5.75 Å². The number of amides is 1. The summed E-state index contributed by atoms with van der Waals surface area (Å²) in [7, 11) is 3.21. The lowest BCUT2D eigenvalue weighted by molar-refractivity contribution is -0.127. The predicted molar refractivity (Wildman–Crippen MR) is 61.8 cm³/mol. The highest BCUT2D eigenvalue weighted by atomic mass is 16.5. The summed E-state index contributed by atoms with van der Waals surface area (Å²) in [5.74, 6) is 1.31. The summed E-state index contributed by atoms with van der Waals surface area (Å²) in [5, 5.41) is 2.57. The summed E-state index contributed by atoms with van der Waals surface area (Å²) in [6.45, 7) is 1.91. The highest BCUT2D eigenvalue weighted by molar-refractivity contribution is 5.80. The fraction of sp³-hybridized carbons (Fsp3) is 0.417. The maximum absolute atomic E-state index is 11.4. The van der Waals surface area contributed by atoms with Crippen molar-refractivity contribution in [2.24, 2.45) is 0 Å². The second-order valence-corrected chi connectivity index (χ2v) is 3.30. The number of nitrogens with one attached hydrogen (secondary N) is 1. The van der Waals surface area contributed by atoms with Gasteiger partial charge in [0.15, 0.2) is 6.10 Å². The van der Waals surface area contributed by atoms with Crippen molar-refractivity contribution in [1.29, 1.82) is 0 Å². The number of hydrogen-bond acceptors (Lipinski definition) is 3. The Labute approximate surface area is 95.6 Å². The molecule has 0 radical (unpaired) electrons. The van der Waals surface area contributed by atoms with E-state index in [4.69, 9.17) is 9.47 Å². The van der Waals surface area contributed by atoms with Crippen molar-refractivity contribution >= 4 is 5.91 Å². The van der Waals surface area contributed by atoms with Crippen LogP contribution in [0.4, 0.5) is 0 Å². The Morgan fingerprint density at radius 1 is 1.31 bits per heavy atom. The summed E-state index contributed by atoms with van der Waals surface area (Å²) in [5.41, 5.74) is 0. The molecule has 1 aromatic rings. The minimum atomic E-state index is -0.446. The van der Waals surface area contributed by atoms with Crippen LogP contribution in [0.5, 0.6) is 11.5 Å². The van der Waals surface area contributed by atoms with Crippen LogP contribution in [0.25, 0.3) is 0 Å². The summed E-state index contributed by atoms with van der Waals surface area (Å²) in [6, 6.07) is 7.16. The predicted octanol–water partition coefficient (Wildman–Crippen LogP) is 1.60. The van der Waals surface area contributed by atoms with E-state index in [0.29, 0.717) is 12.2 Å². The summed E-state index contributed by atoms with van der Waals surface area (Å²) in [4.78, 5) is 11.4. The van der Waals surface area contributed by atoms with Gasteiger partial charge in [0.2, 0.25) is 0 Å². The smallest absolute Gasteiger partial charge is 0.260 e. The number of hydrogen-bond donors (Lipinski definition) is 1. The number of benzene rings is 1. The van der Waals surface area contributed by atoms with Gasteiger partial charge >= 0.3 is 0 Å². The lowest BCUT2D eigenvalue weighted by atomic mass is 10.2. The first-order chi connectivity index (χ1) is 7.71. The van der Waals surface area contributed by atoms with Crippen LogP contribution >= 0.6 is 0 Å². The van der Waals surface area contributed by atoms with Crippen molar-refractivity contribution in [1.82, 2.24) is 5.32 Å². The van der Waals surface area contributed by atoms with E-state index < -0.39 is 6.10 Å². The average Bonchev–Trinajstić information content (AvgIpc) is 2.35. The molecule has 1 atom stereocenters. The fourth-order valence-corrected chi connectivity index (χ4v) is 1.30. The molecule has 16 heavy (non-hydrogen) atoms. The molecule has 0 aliphatic carbocycles. The molecule has 0 unspecified atom stereocenters. The molecule has 0 saturated heterocycles. The van der Waals surface area contributed by atoms with Crippen molar-refractivity contribution in [3.8, 4) is 11.5 Å². The Balaban J connectivity index is 2.66. The van der Waals surface area contributed by atoms with Crippen LogP contribution in [0, 0.1) is 0 Å². The average molecular weight is 223 g/mol. The van der Waals surface area contributed by atoms with Gasteiger partial charge in [-0.3, -0.25) is 4.79 Å². The normalized spacial score (nSPS) is 11.7. The maximum Gasteiger partial charge on any atom is 0.260 e. The van der Waals surface area contributed by atoms with Gasteiger partial charge in [0.05, 0.1) is 7.11 Å². The van der Waals surface area contributed by atoms with E-state index in [1.807, 2.05) is 6.92 Å². The van der Waals surface area contributed by atoms with Gasteiger partial charge in [-0.05, 0) is 30.7 Å². The van der Waals surface area contributed by atoms with Gasteiger partial charge < -0.3 is 14.8 Å². The number of carbonyl (C=O) groups excluding carboxylic acids is 1. The molecule has 0 bridgehead atoms. The number of likely N-dealkylation sites (N-methyl/N-ethyl adjacent to an activating group) is 1. The Morgan fingerprint density at radius 2 is 1.88 bits per heavy atom. The Hall–Kier alpha value is -1.71. The third kappa shape index (κ3) is 3.15. The van der Waals surface area contributed by atoms with E-state index in [9.17, 15) is 4.79 Å². The Kier molecular flexibility index (Phi) is 4.64. The quantitative estimate of drug-likeness (QED) is 0.824. The third-order valence-corrected chi connectivity index (χ3v) is 2.25. The largest absolute Gasteiger partial charge is 0.497 e. The molecular formula is C12H17NO3. The van der Waals surface area contributed by atoms with Gasteiger partial charge in [0.25, 0.3) is 5.91 Å². The van der Waals surface area contributed by atoms with Gasteiger partial charge in [0.1, 0.15) is 11.5 Å². The van der Waals surface area contributed by atoms with Crippen molar-refractivity contribution in [2.75, 3.05) is 14.2 Å². The van der Waals surface area contributed by atoms with Crippen LogP contribution in [-0.4, -0.2) is 26.2 Å². The van der Waals surface area contributed by atoms with Crippen molar-refractivity contribution in [3.63, 3.8) is 0 Å². The maximum atomic E-state index is 11.4. The first-order valence-corrected chi connectivity index (χ1v) is 5.23. The fourth-order valence-electron chi connectivity index (χ4n) is 1.30. The number of methoxy groups -OCH3 is 1. The molecule has 1 aromatic carbocycles. The molecule has 1 amide bonds. The molecule has 0 fully saturated rings. The highest BCUT2D eigenvalue weighted by Crippen LogP contribution is 2.18. The molecule has 0 spiro atoms. The van der Waals surface area contributed by atoms with E-state index in [1.165, 1.54) is 0 Å². The minimum absolute atomic E-state index is 0.113. The molecule has 0 aliphatic heterocycles. The van der Waals surface area contributed by atoms with E-state index in [2.05, 4.69) is 5.32 Å². The number of ether oxygens (including phenoxy) is 2. The monoisotopic (exact) mass is 223 g/mol. The zero-order valence-corrected chi connectivity index (χ0v) is 9.82. The topological polar surface area (TPSA) is 47.6 Å². The van der Waals surface area contributed by atoms with Gasteiger partial charge in [-0.2, -0.15) is 0 Å². The van der Waals surface area contributed by atoms with Crippen molar-refractivity contribution < 1.29 is 14.3 Å². The first-order valence-electron chi connectivity index (χ1n) is 5.23. The lowest BCUT2D eigenvalue weighted by Gasteiger charge is -2.15. The zero-order valence-electron chi connectivity index (χ0n) is 9.82. The molecular weight excluding hydrogens is 206 g/mol. The van der Waals surface area contributed by atoms with Gasteiger partial charge in [-0.15, -0.1) is 0 Å². The number of rotatable bonds is 5. The third-order valence-electron chi connectivity index (χ3n) is 2.25. The molecule has 0 heterocycles. The van der Waals surface area contributed by atoms with E-state index >= 15 is 0 Å². The summed E-state index contributed by atoms with van der Waals surface area (Å²) in [6.07, 6.45) is 0.185. The van der Waals surface area contributed by atoms with E-state index in [-0.39, 0.29) is 5.91 Å². The molecule has 0 aromatic heterocycles. The second-order valence-electron chi connectivity index (χ2n) is 3.30. The van der Waals surface area contributed by atoms with Crippen molar-refractivity contribution in [3.05, 3.63) is 24.3 Å². The van der Waals surface area contributed by atoms with Gasteiger partial charge in [0, 0.05) is 7.05 Å². The van der Waals surface area contributed by atoms with Gasteiger partial charge in [-0.25, -0.2) is 0 Å². The van der Waals surface area contributed by atoms with Gasteiger partial charge in [-0.1, -0.05) is 6.92 Å². The minimum Gasteiger partial charge on any atom is -0.497 e. The SMILES string of the molecule is CC[C@@H](Oc1ccc(OC)cc1)C(=O)NC. The molecule has 4 heteroatoms. The Bertz CT molecular complexity index is 335. The van der Waals surface area contributed by atoms with E-state index in [1.54, 1.807) is 38.4 Å². The zero-order chi connectivity index (χ0) is 12.0. The van der Waals surface area contributed by atoms with Crippen LogP contribution in [0.2, 0.25) is 0 Å². The highest BCUT2D eigenvalue weighted by Gasteiger charge is 2.16. The van der Waals surface area contributed by atoms with Crippen LogP contribution in [-0.2, 0) is 4.79 Å². The standard InChI is InChI=1S/C12H17NO3/c1-4-11(12(14)13-2)16-10-7-5-9(15-3)6-8-10/h5-8,11H,4H2,1-3H3,(H,13,14)/t11-/m1/s1. The van der Waals surface area contributed by atoms with Crippen LogP contribution in [0.15, 0.2) is 24.3 Å². The molecule has 1 rings (SSSR count). The lowest BCUT2D eigenvalue weighted by Crippen LogP contribution is -2.35. The van der Waals surface area contributed by atoms with Crippen LogP contribution < -0.4 is 14.8 Å². The molecule has 88 valence electrons.